The minimum atomic E-state index is 0.0259. The number of rotatable bonds is 8. The van der Waals surface area contributed by atoms with Gasteiger partial charge in [0.15, 0.2) is 0 Å². The molecule has 2 heterocycles. The summed E-state index contributed by atoms with van der Waals surface area (Å²) in [6.45, 7) is 3.05. The summed E-state index contributed by atoms with van der Waals surface area (Å²) in [6, 6.07) is 13.4. The number of para-hydroxylation sites is 1. The summed E-state index contributed by atoms with van der Waals surface area (Å²) in [7, 11) is 0. The number of carbonyl (C=O) groups excluding carboxylic acids is 1. The molecule has 1 N–H and O–H groups in total. The number of nitrogens with one attached hydrogen (secondary N) is 1. The number of amides is 1. The van der Waals surface area contributed by atoms with Crippen LogP contribution in [0.4, 0.5) is 5.69 Å². The monoisotopic (exact) mass is 328 g/mol. The van der Waals surface area contributed by atoms with Crippen LogP contribution in [0.3, 0.4) is 0 Å². The molecular weight excluding hydrogens is 304 g/mol. The highest BCUT2D eigenvalue weighted by Crippen LogP contribution is 2.16. The average Bonchev–Trinajstić information content (AvgIpc) is 3.27. The van der Waals surface area contributed by atoms with Crippen LogP contribution < -0.4 is 5.32 Å². The molecule has 1 saturated heterocycles. The molecule has 128 valence electrons. The molecule has 0 spiro atoms. The van der Waals surface area contributed by atoms with Gasteiger partial charge in [-0.15, -0.1) is 0 Å². The van der Waals surface area contributed by atoms with Gasteiger partial charge < -0.3 is 14.5 Å². The maximum absolute atomic E-state index is 12.2. The van der Waals surface area contributed by atoms with E-state index in [-0.39, 0.29) is 12.0 Å². The van der Waals surface area contributed by atoms with E-state index in [2.05, 4.69) is 10.2 Å². The zero-order chi connectivity index (χ0) is 16.6. The van der Waals surface area contributed by atoms with E-state index in [0.29, 0.717) is 19.5 Å². The molecule has 1 fully saturated rings. The van der Waals surface area contributed by atoms with Crippen molar-refractivity contribution >= 4 is 11.6 Å². The fourth-order valence-electron chi connectivity index (χ4n) is 2.94. The SMILES string of the molecule is O=C(CCN(Cc1ccco1)CC1CCCO1)Nc1ccccc1. The number of hydrogen-bond donors (Lipinski definition) is 1. The van der Waals surface area contributed by atoms with E-state index in [1.165, 1.54) is 0 Å². The lowest BCUT2D eigenvalue weighted by molar-refractivity contribution is -0.116. The third-order valence-electron chi connectivity index (χ3n) is 4.16. The zero-order valence-electron chi connectivity index (χ0n) is 13.8. The van der Waals surface area contributed by atoms with Crippen molar-refractivity contribution in [3.05, 3.63) is 54.5 Å². The Morgan fingerprint density at radius 1 is 1.21 bits per heavy atom. The molecule has 1 atom stereocenters. The molecule has 5 nitrogen and oxygen atoms in total. The third kappa shape index (κ3) is 5.22. The second-order valence-corrected chi connectivity index (χ2v) is 6.11. The van der Waals surface area contributed by atoms with Crippen molar-refractivity contribution in [1.82, 2.24) is 4.90 Å². The van der Waals surface area contributed by atoms with Crippen LogP contribution in [-0.4, -0.2) is 36.6 Å². The van der Waals surface area contributed by atoms with E-state index in [1.807, 2.05) is 42.5 Å². The van der Waals surface area contributed by atoms with E-state index in [9.17, 15) is 4.79 Å². The Hall–Kier alpha value is -2.11. The lowest BCUT2D eigenvalue weighted by atomic mass is 10.2. The number of anilines is 1. The highest BCUT2D eigenvalue weighted by molar-refractivity contribution is 5.90. The first-order chi connectivity index (χ1) is 11.8. The Kier molecular flexibility index (Phi) is 6.04. The van der Waals surface area contributed by atoms with Crippen LogP contribution in [0, 0.1) is 0 Å². The lowest BCUT2D eigenvalue weighted by Crippen LogP contribution is -2.34. The van der Waals surface area contributed by atoms with E-state index >= 15 is 0 Å². The first kappa shape index (κ1) is 16.7. The summed E-state index contributed by atoms with van der Waals surface area (Å²) >= 11 is 0. The molecule has 5 heteroatoms. The van der Waals surface area contributed by atoms with E-state index in [0.717, 1.165) is 37.4 Å². The molecule has 1 aromatic heterocycles. The smallest absolute Gasteiger partial charge is 0.225 e. The maximum atomic E-state index is 12.2. The van der Waals surface area contributed by atoms with Crippen molar-refractivity contribution in [3.63, 3.8) is 0 Å². The van der Waals surface area contributed by atoms with Crippen LogP contribution in [0.5, 0.6) is 0 Å². The van der Waals surface area contributed by atoms with Crippen molar-refractivity contribution < 1.29 is 13.9 Å². The van der Waals surface area contributed by atoms with E-state index in [1.54, 1.807) is 6.26 Å². The van der Waals surface area contributed by atoms with Gasteiger partial charge in [-0.2, -0.15) is 0 Å². The van der Waals surface area contributed by atoms with Gasteiger partial charge in [0.25, 0.3) is 0 Å². The maximum Gasteiger partial charge on any atom is 0.225 e. The van der Waals surface area contributed by atoms with Crippen LogP contribution in [-0.2, 0) is 16.1 Å². The molecule has 2 aromatic rings. The third-order valence-corrected chi connectivity index (χ3v) is 4.16. The number of nitrogens with zero attached hydrogens (tertiary/aromatic N) is 1. The normalized spacial score (nSPS) is 17.3. The highest BCUT2D eigenvalue weighted by atomic mass is 16.5. The van der Waals surface area contributed by atoms with Crippen molar-refractivity contribution in [3.8, 4) is 0 Å². The molecule has 1 amide bonds. The predicted molar refractivity (Wildman–Crippen MR) is 92.6 cm³/mol. The lowest BCUT2D eigenvalue weighted by Gasteiger charge is -2.24. The van der Waals surface area contributed by atoms with Gasteiger partial charge >= 0.3 is 0 Å². The minimum absolute atomic E-state index is 0.0259. The number of benzene rings is 1. The highest BCUT2D eigenvalue weighted by Gasteiger charge is 2.20. The first-order valence-electron chi connectivity index (χ1n) is 8.51. The fourth-order valence-corrected chi connectivity index (χ4v) is 2.94. The van der Waals surface area contributed by atoms with Gasteiger partial charge in [0.05, 0.1) is 18.9 Å². The van der Waals surface area contributed by atoms with Gasteiger partial charge in [0, 0.05) is 31.8 Å². The number of hydrogen-bond acceptors (Lipinski definition) is 4. The van der Waals surface area contributed by atoms with Gasteiger partial charge in [-0.1, -0.05) is 18.2 Å². The molecule has 3 rings (SSSR count). The quantitative estimate of drug-likeness (QED) is 0.808. The second kappa shape index (κ2) is 8.66. The molecule has 1 aliphatic rings. The summed E-state index contributed by atoms with van der Waals surface area (Å²) in [6.07, 6.45) is 4.60. The fraction of sp³-hybridized carbons (Fsp3) is 0.421. The van der Waals surface area contributed by atoms with Crippen molar-refractivity contribution in [2.24, 2.45) is 0 Å². The van der Waals surface area contributed by atoms with Crippen LogP contribution in [0.25, 0.3) is 0 Å². The summed E-state index contributed by atoms with van der Waals surface area (Å²) in [4.78, 5) is 14.4. The van der Waals surface area contributed by atoms with Gasteiger partial charge in [0.1, 0.15) is 5.76 Å². The molecule has 0 radical (unpaired) electrons. The molecule has 0 saturated carbocycles. The molecule has 0 bridgehead atoms. The number of ether oxygens (including phenoxy) is 1. The summed E-state index contributed by atoms with van der Waals surface area (Å²) in [5.74, 6) is 0.939. The molecular formula is C19H24N2O3. The molecule has 0 aliphatic carbocycles. The summed E-state index contributed by atoms with van der Waals surface area (Å²) in [5, 5.41) is 2.93. The Morgan fingerprint density at radius 2 is 2.08 bits per heavy atom. The minimum Gasteiger partial charge on any atom is -0.468 e. The molecule has 24 heavy (non-hydrogen) atoms. The topological polar surface area (TPSA) is 54.7 Å². The Balaban J connectivity index is 1.51. The summed E-state index contributed by atoms with van der Waals surface area (Å²) < 4.78 is 11.2. The largest absolute Gasteiger partial charge is 0.468 e. The first-order valence-corrected chi connectivity index (χ1v) is 8.51. The van der Waals surface area contributed by atoms with Gasteiger partial charge in [-0.25, -0.2) is 0 Å². The van der Waals surface area contributed by atoms with Crippen molar-refractivity contribution in [2.75, 3.05) is 25.0 Å². The van der Waals surface area contributed by atoms with Gasteiger partial charge in [-0.3, -0.25) is 9.69 Å². The van der Waals surface area contributed by atoms with Gasteiger partial charge in [0.2, 0.25) is 5.91 Å². The number of carbonyl (C=O) groups is 1. The zero-order valence-corrected chi connectivity index (χ0v) is 13.8. The van der Waals surface area contributed by atoms with Crippen LogP contribution in [0.1, 0.15) is 25.0 Å². The number of furan rings is 1. The van der Waals surface area contributed by atoms with Crippen molar-refractivity contribution in [1.29, 1.82) is 0 Å². The van der Waals surface area contributed by atoms with Crippen molar-refractivity contribution in [2.45, 2.75) is 31.9 Å². The predicted octanol–water partition coefficient (Wildman–Crippen LogP) is 3.29. The Morgan fingerprint density at radius 3 is 2.79 bits per heavy atom. The second-order valence-electron chi connectivity index (χ2n) is 6.11. The van der Waals surface area contributed by atoms with Gasteiger partial charge in [-0.05, 0) is 37.1 Å². The Bertz CT molecular complexity index is 607. The van der Waals surface area contributed by atoms with E-state index < -0.39 is 0 Å². The molecule has 1 unspecified atom stereocenters. The van der Waals surface area contributed by atoms with Crippen LogP contribution in [0.15, 0.2) is 53.1 Å². The standard InChI is InChI=1S/C19H24N2O3/c22-19(20-16-6-2-1-3-7-16)10-11-21(14-17-8-4-12-23-17)15-18-9-5-13-24-18/h1-4,6-8,12,18H,5,9-11,13-15H2,(H,20,22). The average molecular weight is 328 g/mol. The summed E-state index contributed by atoms with van der Waals surface area (Å²) in [5.41, 5.74) is 0.833. The van der Waals surface area contributed by atoms with Crippen LogP contribution >= 0.6 is 0 Å². The van der Waals surface area contributed by atoms with Crippen LogP contribution in [0.2, 0.25) is 0 Å². The molecule has 1 aliphatic heterocycles. The Labute approximate surface area is 142 Å². The van der Waals surface area contributed by atoms with E-state index in [4.69, 9.17) is 9.15 Å². The molecule has 1 aromatic carbocycles.